The first kappa shape index (κ1) is 24.4. The van der Waals surface area contributed by atoms with Gasteiger partial charge in [-0.2, -0.15) is 0 Å². The van der Waals surface area contributed by atoms with Crippen LogP contribution in [-0.4, -0.2) is 54.7 Å². The largest absolute Gasteiger partial charge is 0.477 e. The van der Waals surface area contributed by atoms with E-state index >= 15 is 0 Å². The van der Waals surface area contributed by atoms with Gasteiger partial charge in [0.2, 0.25) is 0 Å². The van der Waals surface area contributed by atoms with Crippen molar-refractivity contribution in [3.05, 3.63) is 54.2 Å². The van der Waals surface area contributed by atoms with Gasteiger partial charge in [-0.05, 0) is 24.1 Å². The van der Waals surface area contributed by atoms with Crippen molar-refractivity contribution in [2.75, 3.05) is 37.7 Å². The first-order valence-corrected chi connectivity index (χ1v) is 10.1. The fraction of sp³-hybridized carbons (Fsp3) is 0.455. The van der Waals surface area contributed by atoms with Crippen molar-refractivity contribution in [3.63, 3.8) is 0 Å². The molecule has 0 spiro atoms. The van der Waals surface area contributed by atoms with Crippen LogP contribution in [0.1, 0.15) is 31.4 Å². The second-order valence-electron chi connectivity index (χ2n) is 7.27. The number of pyridine rings is 1. The van der Waals surface area contributed by atoms with Gasteiger partial charge in [0, 0.05) is 25.8 Å². The lowest BCUT2D eigenvalue weighted by atomic mass is 10.0. The highest BCUT2D eigenvalue weighted by atomic mass is 35.5. The zero-order valence-electron chi connectivity index (χ0n) is 17.1. The van der Waals surface area contributed by atoms with Crippen molar-refractivity contribution >= 4 is 36.5 Å². The van der Waals surface area contributed by atoms with E-state index < -0.39 is 6.10 Å². The number of rotatable bonds is 6. The minimum atomic E-state index is -0.461. The summed E-state index contributed by atoms with van der Waals surface area (Å²) in [5.74, 6) is 1.29. The highest BCUT2D eigenvalue weighted by molar-refractivity contribution is 5.99. The van der Waals surface area contributed by atoms with E-state index in [4.69, 9.17) is 9.47 Å². The quantitative estimate of drug-likeness (QED) is 0.663. The number of hydrogen-bond acceptors (Lipinski definition) is 5. The topological polar surface area (TPSA) is 54.9 Å². The molecule has 0 N–H and O–H groups in total. The molecule has 2 unspecified atom stereocenters. The Morgan fingerprint density at radius 3 is 2.53 bits per heavy atom. The number of fused-ring (bicyclic) bond motifs is 1. The third kappa shape index (κ3) is 5.24. The highest BCUT2D eigenvalue weighted by Crippen LogP contribution is 2.38. The summed E-state index contributed by atoms with van der Waals surface area (Å²) in [4.78, 5) is 22.2. The predicted molar refractivity (Wildman–Crippen MR) is 122 cm³/mol. The Hall–Kier alpha value is -1.86. The van der Waals surface area contributed by atoms with Gasteiger partial charge in [0.15, 0.2) is 17.7 Å². The second-order valence-corrected chi connectivity index (χ2v) is 7.27. The maximum Gasteiger partial charge on any atom is 0.269 e. The van der Waals surface area contributed by atoms with E-state index in [1.54, 1.807) is 6.20 Å². The van der Waals surface area contributed by atoms with Gasteiger partial charge < -0.3 is 9.47 Å². The SMILES string of the molecule is CCCC1Oc2cccnc2N(C(CN2CCOCC2)c2ccccc2)C1=O.Cl.Cl. The number of carbonyl (C=O) groups excluding carboxylic acids is 1. The summed E-state index contributed by atoms with van der Waals surface area (Å²) >= 11 is 0. The molecule has 0 bridgehead atoms. The molecule has 1 amide bonds. The Morgan fingerprint density at radius 1 is 1.10 bits per heavy atom. The smallest absolute Gasteiger partial charge is 0.269 e. The van der Waals surface area contributed by atoms with E-state index in [1.165, 1.54) is 0 Å². The van der Waals surface area contributed by atoms with Crippen LogP contribution in [-0.2, 0) is 9.53 Å². The molecule has 3 heterocycles. The number of benzene rings is 1. The van der Waals surface area contributed by atoms with Crippen molar-refractivity contribution in [2.45, 2.75) is 31.9 Å². The van der Waals surface area contributed by atoms with Gasteiger partial charge in [-0.1, -0.05) is 43.7 Å². The molecule has 0 aliphatic carbocycles. The molecule has 2 aliphatic rings. The Kier molecular flexibility index (Phi) is 9.37. The average Bonchev–Trinajstić information content (AvgIpc) is 2.75. The van der Waals surface area contributed by atoms with Gasteiger partial charge in [-0.25, -0.2) is 4.98 Å². The third-order valence-electron chi connectivity index (χ3n) is 5.34. The number of aromatic nitrogens is 1. The molecular formula is C22H29Cl2N3O3. The molecule has 30 heavy (non-hydrogen) atoms. The van der Waals surface area contributed by atoms with Crippen LogP contribution in [0.5, 0.6) is 5.75 Å². The van der Waals surface area contributed by atoms with Crippen LogP contribution in [0, 0.1) is 0 Å². The van der Waals surface area contributed by atoms with Crippen molar-refractivity contribution < 1.29 is 14.3 Å². The van der Waals surface area contributed by atoms with E-state index in [1.807, 2.05) is 35.2 Å². The van der Waals surface area contributed by atoms with Crippen LogP contribution in [0.15, 0.2) is 48.7 Å². The molecule has 8 heteroatoms. The minimum Gasteiger partial charge on any atom is -0.477 e. The lowest BCUT2D eigenvalue weighted by molar-refractivity contribution is -0.127. The van der Waals surface area contributed by atoms with Crippen LogP contribution < -0.4 is 9.64 Å². The number of ether oxygens (including phenoxy) is 2. The van der Waals surface area contributed by atoms with Crippen molar-refractivity contribution in [3.8, 4) is 5.75 Å². The van der Waals surface area contributed by atoms with Crippen LogP contribution in [0.25, 0.3) is 0 Å². The summed E-state index contributed by atoms with van der Waals surface area (Å²) in [6.07, 6.45) is 2.85. The van der Waals surface area contributed by atoms with E-state index in [0.717, 1.165) is 44.8 Å². The van der Waals surface area contributed by atoms with Gasteiger partial charge in [-0.15, -0.1) is 24.8 Å². The Morgan fingerprint density at radius 2 is 1.83 bits per heavy atom. The molecule has 0 radical (unpaired) electrons. The molecule has 1 aromatic carbocycles. The maximum atomic E-state index is 13.5. The number of morpholine rings is 1. The second kappa shape index (κ2) is 11.5. The van der Waals surface area contributed by atoms with Gasteiger partial charge in [0.25, 0.3) is 5.91 Å². The number of halogens is 2. The lowest BCUT2D eigenvalue weighted by Crippen LogP contribution is -2.51. The molecule has 1 saturated heterocycles. The van der Waals surface area contributed by atoms with Gasteiger partial charge in [0.05, 0.1) is 19.3 Å². The average molecular weight is 454 g/mol. The van der Waals surface area contributed by atoms with Crippen molar-refractivity contribution in [1.82, 2.24) is 9.88 Å². The standard InChI is InChI=1S/C22H27N3O3.2ClH/c1-2-7-20-22(26)25(21-19(28-20)10-6-11-23-21)18(17-8-4-3-5-9-17)16-24-12-14-27-15-13-24;;/h3-6,8-11,18,20H,2,7,12-16H2,1H3;2*1H. The van der Waals surface area contributed by atoms with Crippen molar-refractivity contribution in [1.29, 1.82) is 0 Å². The summed E-state index contributed by atoms with van der Waals surface area (Å²) in [5.41, 5.74) is 1.11. The summed E-state index contributed by atoms with van der Waals surface area (Å²) in [5, 5.41) is 0. The fourth-order valence-electron chi connectivity index (χ4n) is 3.90. The third-order valence-corrected chi connectivity index (χ3v) is 5.34. The molecule has 1 fully saturated rings. The van der Waals surface area contributed by atoms with E-state index in [-0.39, 0.29) is 36.8 Å². The predicted octanol–water partition coefficient (Wildman–Crippen LogP) is 3.89. The van der Waals surface area contributed by atoms with E-state index in [9.17, 15) is 4.79 Å². The van der Waals surface area contributed by atoms with Gasteiger partial charge in [-0.3, -0.25) is 14.6 Å². The Balaban J connectivity index is 0.00000160. The molecule has 4 rings (SSSR count). The summed E-state index contributed by atoms with van der Waals surface area (Å²) < 4.78 is 11.5. The fourth-order valence-corrected chi connectivity index (χ4v) is 3.90. The maximum absolute atomic E-state index is 13.5. The molecular weight excluding hydrogens is 425 g/mol. The number of amides is 1. The van der Waals surface area contributed by atoms with Gasteiger partial charge >= 0.3 is 0 Å². The first-order valence-electron chi connectivity index (χ1n) is 10.1. The molecule has 2 atom stereocenters. The molecule has 2 aromatic rings. The first-order chi connectivity index (χ1) is 13.8. The lowest BCUT2D eigenvalue weighted by Gasteiger charge is -2.40. The summed E-state index contributed by atoms with van der Waals surface area (Å²) in [6, 6.07) is 13.9. The molecule has 1 aromatic heterocycles. The molecule has 6 nitrogen and oxygen atoms in total. The van der Waals surface area contributed by atoms with E-state index in [0.29, 0.717) is 18.0 Å². The summed E-state index contributed by atoms with van der Waals surface area (Å²) in [7, 11) is 0. The molecule has 2 aliphatic heterocycles. The highest BCUT2D eigenvalue weighted by Gasteiger charge is 2.40. The number of anilines is 1. The Labute approximate surface area is 190 Å². The zero-order chi connectivity index (χ0) is 19.3. The number of carbonyl (C=O) groups is 1. The number of hydrogen-bond donors (Lipinski definition) is 0. The normalized spacial score (nSPS) is 19.7. The van der Waals surface area contributed by atoms with Crippen LogP contribution in [0.3, 0.4) is 0 Å². The van der Waals surface area contributed by atoms with Crippen LogP contribution >= 0.6 is 24.8 Å². The molecule has 0 saturated carbocycles. The monoisotopic (exact) mass is 453 g/mol. The zero-order valence-corrected chi connectivity index (χ0v) is 18.7. The van der Waals surface area contributed by atoms with Gasteiger partial charge in [0.1, 0.15) is 0 Å². The van der Waals surface area contributed by atoms with Crippen LogP contribution in [0.4, 0.5) is 5.82 Å². The Bertz CT molecular complexity index is 803. The van der Waals surface area contributed by atoms with Crippen molar-refractivity contribution in [2.24, 2.45) is 0 Å². The minimum absolute atomic E-state index is 0. The van der Waals surface area contributed by atoms with E-state index in [2.05, 4.69) is 28.9 Å². The summed E-state index contributed by atoms with van der Waals surface area (Å²) in [6.45, 7) is 6.01. The number of nitrogens with zero attached hydrogens (tertiary/aromatic N) is 3. The van der Waals surface area contributed by atoms with Crippen LogP contribution in [0.2, 0.25) is 0 Å². The molecule has 164 valence electrons.